The van der Waals surface area contributed by atoms with E-state index in [-0.39, 0.29) is 29.2 Å². The molecule has 24 heavy (non-hydrogen) atoms. The maximum atomic E-state index is 12.9. The van der Waals surface area contributed by atoms with Gasteiger partial charge < -0.3 is 14.4 Å². The van der Waals surface area contributed by atoms with Gasteiger partial charge in [-0.05, 0) is 45.4 Å². The van der Waals surface area contributed by atoms with Gasteiger partial charge in [0, 0.05) is 23.9 Å². The molecule has 6 nitrogen and oxygen atoms in total. The van der Waals surface area contributed by atoms with Gasteiger partial charge in [0.2, 0.25) is 5.89 Å². The van der Waals surface area contributed by atoms with Gasteiger partial charge in [0.15, 0.2) is 0 Å². The van der Waals surface area contributed by atoms with E-state index in [2.05, 4.69) is 17.1 Å². The molecule has 0 radical (unpaired) electrons. The van der Waals surface area contributed by atoms with Gasteiger partial charge in [-0.3, -0.25) is 4.79 Å². The number of hydrogen-bond donors (Lipinski definition) is 1. The van der Waals surface area contributed by atoms with E-state index in [1.807, 2.05) is 11.8 Å². The number of amides is 1. The van der Waals surface area contributed by atoms with Gasteiger partial charge in [0.1, 0.15) is 0 Å². The number of aromatic nitrogens is 2. The van der Waals surface area contributed by atoms with Crippen LogP contribution in [-0.4, -0.2) is 44.3 Å². The minimum absolute atomic E-state index is 0.0248. The average Bonchev–Trinajstić information content (AvgIpc) is 2.98. The molecule has 4 rings (SSSR count). The van der Waals surface area contributed by atoms with Gasteiger partial charge in [-0.25, -0.2) is 0 Å². The number of carbonyl (C=O) groups is 1. The minimum Gasteiger partial charge on any atom is -0.416 e. The lowest BCUT2D eigenvalue weighted by molar-refractivity contribution is -0.0581. The van der Waals surface area contributed by atoms with Crippen molar-refractivity contribution in [2.24, 2.45) is 5.92 Å². The van der Waals surface area contributed by atoms with E-state index in [9.17, 15) is 9.90 Å². The second-order valence-electron chi connectivity index (χ2n) is 8.39. The van der Waals surface area contributed by atoms with Crippen molar-refractivity contribution < 1.29 is 14.3 Å². The lowest BCUT2D eigenvalue weighted by Crippen LogP contribution is -2.50. The lowest BCUT2D eigenvalue weighted by Gasteiger charge is -2.43. The van der Waals surface area contributed by atoms with E-state index >= 15 is 0 Å². The van der Waals surface area contributed by atoms with Crippen LogP contribution < -0.4 is 0 Å². The van der Waals surface area contributed by atoms with Crippen molar-refractivity contribution >= 4 is 5.91 Å². The van der Waals surface area contributed by atoms with Crippen LogP contribution >= 0.6 is 0 Å². The van der Waals surface area contributed by atoms with Crippen molar-refractivity contribution in [1.29, 1.82) is 0 Å². The number of aliphatic hydroxyl groups is 1. The first-order valence-corrected chi connectivity index (χ1v) is 9.28. The Balaban J connectivity index is 1.54. The molecule has 1 aromatic heterocycles. The molecule has 6 heteroatoms. The van der Waals surface area contributed by atoms with Crippen LogP contribution in [0.2, 0.25) is 0 Å². The maximum Gasteiger partial charge on any atom is 0.311 e. The van der Waals surface area contributed by atoms with Gasteiger partial charge >= 0.3 is 11.8 Å². The molecule has 1 saturated heterocycles. The molecule has 0 bridgehead atoms. The Morgan fingerprint density at radius 3 is 2.67 bits per heavy atom. The minimum atomic E-state index is -0.687. The highest BCUT2D eigenvalue weighted by molar-refractivity contribution is 5.90. The maximum absolute atomic E-state index is 12.9. The quantitative estimate of drug-likeness (QED) is 0.920. The largest absolute Gasteiger partial charge is 0.416 e. The molecule has 1 aromatic rings. The molecule has 0 aromatic carbocycles. The van der Waals surface area contributed by atoms with Gasteiger partial charge in [-0.2, -0.15) is 0 Å². The second-order valence-corrected chi connectivity index (χ2v) is 8.39. The lowest BCUT2D eigenvalue weighted by atomic mass is 9.72. The molecule has 2 heterocycles. The molecule has 2 saturated carbocycles. The van der Waals surface area contributed by atoms with Gasteiger partial charge in [-0.15, -0.1) is 10.2 Å². The molecule has 3 aliphatic rings. The smallest absolute Gasteiger partial charge is 0.311 e. The fraction of sp³-hybridized carbons (Fsp3) is 0.833. The van der Waals surface area contributed by atoms with Crippen molar-refractivity contribution in [3.63, 3.8) is 0 Å². The fourth-order valence-corrected chi connectivity index (χ4v) is 4.49. The summed E-state index contributed by atoms with van der Waals surface area (Å²) < 4.78 is 5.70. The summed E-state index contributed by atoms with van der Waals surface area (Å²) in [5, 5.41) is 18.9. The van der Waals surface area contributed by atoms with Crippen LogP contribution in [0.4, 0.5) is 0 Å². The summed E-state index contributed by atoms with van der Waals surface area (Å²) in [6, 6.07) is 0.0830. The monoisotopic (exact) mass is 333 g/mol. The second kappa shape index (κ2) is 5.55. The van der Waals surface area contributed by atoms with Gasteiger partial charge in [0.25, 0.3) is 0 Å². The molecule has 1 amide bonds. The average molecular weight is 333 g/mol. The summed E-state index contributed by atoms with van der Waals surface area (Å²) in [4.78, 5) is 14.8. The first-order valence-electron chi connectivity index (χ1n) is 9.28. The number of carbonyl (C=O) groups excluding carboxylic acids is 1. The van der Waals surface area contributed by atoms with E-state index in [0.717, 1.165) is 51.4 Å². The Kier molecular flexibility index (Phi) is 3.71. The van der Waals surface area contributed by atoms with E-state index in [1.165, 1.54) is 0 Å². The zero-order valence-corrected chi connectivity index (χ0v) is 14.6. The van der Waals surface area contributed by atoms with E-state index < -0.39 is 5.60 Å². The first-order chi connectivity index (χ1) is 11.4. The number of rotatable bonds is 3. The van der Waals surface area contributed by atoms with E-state index in [4.69, 9.17) is 4.42 Å². The molecule has 3 atom stereocenters. The molecule has 132 valence electrons. The summed E-state index contributed by atoms with van der Waals surface area (Å²) in [7, 11) is 0. The Morgan fingerprint density at radius 1 is 1.17 bits per heavy atom. The highest BCUT2D eigenvalue weighted by Gasteiger charge is 2.47. The number of nitrogens with zero attached hydrogens (tertiary/aromatic N) is 3. The zero-order chi connectivity index (χ0) is 16.9. The third-order valence-electron chi connectivity index (χ3n) is 6.40. The molecule has 0 spiro atoms. The number of likely N-dealkylation sites (tertiary alicyclic amines) is 1. The summed E-state index contributed by atoms with van der Waals surface area (Å²) >= 11 is 0. The Labute approximate surface area is 142 Å². The fourth-order valence-electron chi connectivity index (χ4n) is 4.49. The molecule has 1 aliphatic heterocycles. The van der Waals surface area contributed by atoms with Crippen molar-refractivity contribution in [3.05, 3.63) is 11.8 Å². The molecule has 3 unspecified atom stereocenters. The SMILES string of the molecule is CC1(c2nnc(C(=O)N3CCCC3C3CCCCC3(C)O)o2)CC1. The number of hydrogen-bond acceptors (Lipinski definition) is 5. The van der Waals surface area contributed by atoms with Crippen LogP contribution in [0, 0.1) is 5.92 Å². The summed E-state index contributed by atoms with van der Waals surface area (Å²) in [5.41, 5.74) is -0.712. The van der Waals surface area contributed by atoms with Crippen LogP contribution in [0.25, 0.3) is 0 Å². The van der Waals surface area contributed by atoms with Crippen molar-refractivity contribution in [3.8, 4) is 0 Å². The van der Waals surface area contributed by atoms with Gasteiger partial charge in [0.05, 0.1) is 5.60 Å². The van der Waals surface area contributed by atoms with Crippen LogP contribution in [0.15, 0.2) is 4.42 Å². The van der Waals surface area contributed by atoms with Crippen molar-refractivity contribution in [2.45, 2.75) is 82.3 Å². The third-order valence-corrected chi connectivity index (χ3v) is 6.40. The highest BCUT2D eigenvalue weighted by Crippen LogP contribution is 2.47. The predicted octanol–water partition coefficient (Wildman–Crippen LogP) is 2.67. The standard InChI is InChI=1S/C18H27N3O3/c1-17(9-10-17)16-20-19-14(24-16)15(22)21-11-5-7-13(21)12-6-3-4-8-18(12,2)23/h12-13,23H,3-11H2,1-2H3. The van der Waals surface area contributed by atoms with Gasteiger partial charge in [-0.1, -0.05) is 19.8 Å². The zero-order valence-electron chi connectivity index (χ0n) is 14.6. The topological polar surface area (TPSA) is 79.5 Å². The molecule has 1 N–H and O–H groups in total. The molecule has 3 fully saturated rings. The van der Waals surface area contributed by atoms with E-state index in [0.29, 0.717) is 12.4 Å². The van der Waals surface area contributed by atoms with Crippen LogP contribution in [0.5, 0.6) is 0 Å². The van der Waals surface area contributed by atoms with Crippen LogP contribution in [0.3, 0.4) is 0 Å². The van der Waals surface area contributed by atoms with Crippen LogP contribution in [-0.2, 0) is 5.41 Å². The van der Waals surface area contributed by atoms with Crippen molar-refractivity contribution in [2.75, 3.05) is 6.54 Å². The third kappa shape index (κ3) is 2.65. The Bertz CT molecular complexity index is 635. The van der Waals surface area contributed by atoms with Crippen molar-refractivity contribution in [1.82, 2.24) is 15.1 Å². The Hall–Kier alpha value is -1.43. The highest BCUT2D eigenvalue weighted by atomic mass is 16.4. The molecular weight excluding hydrogens is 306 g/mol. The normalized spacial score (nSPS) is 35.2. The predicted molar refractivity (Wildman–Crippen MR) is 87.5 cm³/mol. The summed E-state index contributed by atoms with van der Waals surface area (Å²) in [6.45, 7) is 4.73. The van der Waals surface area contributed by atoms with E-state index in [1.54, 1.807) is 0 Å². The Morgan fingerprint density at radius 2 is 1.96 bits per heavy atom. The molecular formula is C18H27N3O3. The first kappa shape index (κ1) is 16.1. The van der Waals surface area contributed by atoms with Crippen LogP contribution in [0.1, 0.15) is 81.8 Å². The molecule has 2 aliphatic carbocycles. The summed E-state index contributed by atoms with van der Waals surface area (Å²) in [5.74, 6) is 0.676. The summed E-state index contributed by atoms with van der Waals surface area (Å²) in [6.07, 6.45) is 8.00.